The van der Waals surface area contributed by atoms with Gasteiger partial charge in [0, 0.05) is 17.5 Å². The summed E-state index contributed by atoms with van der Waals surface area (Å²) in [5, 5.41) is 3.44. The molecule has 1 heterocycles. The van der Waals surface area contributed by atoms with Crippen molar-refractivity contribution < 1.29 is 0 Å². The maximum absolute atomic E-state index is 6.10. The Kier molecular flexibility index (Phi) is 6.13. The quantitative estimate of drug-likeness (QED) is 0.784. The summed E-state index contributed by atoms with van der Waals surface area (Å²) in [4.78, 5) is 1.36. The van der Waals surface area contributed by atoms with Crippen LogP contribution in [-0.4, -0.2) is 12.6 Å². The summed E-state index contributed by atoms with van der Waals surface area (Å²) in [5.41, 5.74) is 6.43. The summed E-state index contributed by atoms with van der Waals surface area (Å²) in [7, 11) is 0. The fourth-order valence-electron chi connectivity index (χ4n) is 1.83. The van der Waals surface area contributed by atoms with Crippen molar-refractivity contribution in [3.63, 3.8) is 0 Å². The molecule has 0 spiro atoms. The van der Waals surface area contributed by atoms with Crippen LogP contribution in [0.2, 0.25) is 0 Å². The normalized spacial score (nSPS) is 13.9. The fraction of sp³-hybridized carbons (Fsp3) is 0.692. The predicted molar refractivity (Wildman–Crippen MR) is 80.4 cm³/mol. The lowest BCUT2D eigenvalue weighted by Gasteiger charge is -2.23. The van der Waals surface area contributed by atoms with Crippen molar-refractivity contribution in [2.45, 2.75) is 46.2 Å². The second-order valence-corrected chi connectivity index (χ2v) is 8.24. The summed E-state index contributed by atoms with van der Waals surface area (Å²) in [6.45, 7) is 8.65. The van der Waals surface area contributed by atoms with E-state index in [0.29, 0.717) is 11.5 Å². The maximum atomic E-state index is 6.10. The molecule has 1 atom stereocenters. The van der Waals surface area contributed by atoms with E-state index in [4.69, 9.17) is 5.73 Å². The first-order valence-corrected chi connectivity index (χ1v) is 7.68. The van der Waals surface area contributed by atoms with E-state index in [0.717, 1.165) is 25.9 Å². The minimum atomic E-state index is 0.303. The molecule has 0 aliphatic rings. The van der Waals surface area contributed by atoms with Crippen LogP contribution in [-0.2, 0) is 6.54 Å². The van der Waals surface area contributed by atoms with Gasteiger partial charge in [0.15, 0.2) is 0 Å². The van der Waals surface area contributed by atoms with Crippen LogP contribution >= 0.6 is 27.3 Å². The highest BCUT2D eigenvalue weighted by molar-refractivity contribution is 9.11. The van der Waals surface area contributed by atoms with Gasteiger partial charge in [-0.15, -0.1) is 11.3 Å². The smallest absolute Gasteiger partial charge is 0.0701 e. The van der Waals surface area contributed by atoms with Crippen LogP contribution in [0.15, 0.2) is 15.9 Å². The number of nitrogens with one attached hydrogen (secondary N) is 1. The highest BCUT2D eigenvalue weighted by atomic mass is 79.9. The lowest BCUT2D eigenvalue weighted by atomic mass is 9.87. The molecule has 98 valence electrons. The molecule has 1 aromatic heterocycles. The summed E-state index contributed by atoms with van der Waals surface area (Å²) >= 11 is 5.25. The predicted octanol–water partition coefficient (Wildman–Crippen LogP) is 3.75. The van der Waals surface area contributed by atoms with Gasteiger partial charge in [-0.1, -0.05) is 20.8 Å². The summed E-state index contributed by atoms with van der Waals surface area (Å²) < 4.78 is 1.19. The zero-order valence-electron chi connectivity index (χ0n) is 10.9. The molecular formula is C13H23BrN2S. The lowest BCUT2D eigenvalue weighted by molar-refractivity contribution is 0.329. The van der Waals surface area contributed by atoms with Crippen molar-refractivity contribution in [2.24, 2.45) is 11.1 Å². The number of rotatable bonds is 6. The molecule has 0 saturated carbocycles. The number of thiophene rings is 1. The number of hydrogen-bond donors (Lipinski definition) is 2. The molecule has 4 heteroatoms. The van der Waals surface area contributed by atoms with Gasteiger partial charge in [0.25, 0.3) is 0 Å². The van der Waals surface area contributed by atoms with Gasteiger partial charge < -0.3 is 11.1 Å². The van der Waals surface area contributed by atoms with Crippen LogP contribution in [0, 0.1) is 5.41 Å². The molecule has 2 nitrogen and oxygen atoms in total. The Morgan fingerprint density at radius 3 is 2.65 bits per heavy atom. The highest BCUT2D eigenvalue weighted by Crippen LogP contribution is 2.22. The first-order valence-electron chi connectivity index (χ1n) is 6.07. The monoisotopic (exact) mass is 318 g/mol. The molecule has 0 aliphatic carbocycles. The Morgan fingerprint density at radius 1 is 1.41 bits per heavy atom. The van der Waals surface area contributed by atoms with E-state index in [1.54, 1.807) is 11.3 Å². The summed E-state index contributed by atoms with van der Waals surface area (Å²) in [5.74, 6) is 0. The topological polar surface area (TPSA) is 38.0 Å². The van der Waals surface area contributed by atoms with E-state index in [-0.39, 0.29) is 0 Å². The van der Waals surface area contributed by atoms with Crippen LogP contribution in [0.4, 0.5) is 0 Å². The van der Waals surface area contributed by atoms with E-state index in [9.17, 15) is 0 Å². The van der Waals surface area contributed by atoms with Crippen molar-refractivity contribution in [3.8, 4) is 0 Å². The second-order valence-electron chi connectivity index (χ2n) is 5.70. The molecule has 1 aromatic rings. The van der Waals surface area contributed by atoms with Gasteiger partial charge in [-0.25, -0.2) is 0 Å². The molecule has 1 unspecified atom stereocenters. The van der Waals surface area contributed by atoms with Gasteiger partial charge >= 0.3 is 0 Å². The highest BCUT2D eigenvalue weighted by Gasteiger charge is 2.14. The van der Waals surface area contributed by atoms with Crippen molar-refractivity contribution in [2.75, 3.05) is 6.54 Å². The minimum absolute atomic E-state index is 0.303. The number of nitrogens with two attached hydrogens (primary N) is 1. The molecular weight excluding hydrogens is 296 g/mol. The molecule has 3 N–H and O–H groups in total. The van der Waals surface area contributed by atoms with Gasteiger partial charge in [-0.05, 0) is 52.9 Å². The first kappa shape index (κ1) is 15.2. The maximum Gasteiger partial charge on any atom is 0.0701 e. The van der Waals surface area contributed by atoms with Crippen molar-refractivity contribution >= 4 is 27.3 Å². The van der Waals surface area contributed by atoms with Crippen LogP contribution in [0.25, 0.3) is 0 Å². The zero-order chi connectivity index (χ0) is 12.9. The van der Waals surface area contributed by atoms with Crippen LogP contribution in [0.1, 0.15) is 38.5 Å². The molecule has 0 aromatic carbocycles. The van der Waals surface area contributed by atoms with Crippen molar-refractivity contribution in [3.05, 3.63) is 20.8 Å². The Balaban J connectivity index is 2.12. The second kappa shape index (κ2) is 6.88. The van der Waals surface area contributed by atoms with Crippen molar-refractivity contribution in [1.29, 1.82) is 0 Å². The summed E-state index contributed by atoms with van der Waals surface area (Å²) in [6, 6.07) is 4.54. The SMILES string of the molecule is CC(C)(C)CC(N)CCNCc1ccc(Br)s1. The van der Waals surface area contributed by atoms with E-state index in [2.05, 4.69) is 54.2 Å². The summed E-state index contributed by atoms with van der Waals surface area (Å²) in [6.07, 6.45) is 2.13. The molecule has 0 saturated heterocycles. The average molecular weight is 319 g/mol. The Labute approximate surface area is 117 Å². The Bertz CT molecular complexity index is 330. The minimum Gasteiger partial charge on any atom is -0.328 e. The molecule has 1 rings (SSSR count). The molecule has 0 amide bonds. The van der Waals surface area contributed by atoms with Crippen LogP contribution < -0.4 is 11.1 Å². The Morgan fingerprint density at radius 2 is 2.12 bits per heavy atom. The van der Waals surface area contributed by atoms with Gasteiger partial charge in [0.2, 0.25) is 0 Å². The fourth-order valence-corrected chi connectivity index (χ4v) is 3.29. The third kappa shape index (κ3) is 7.19. The molecule has 0 fully saturated rings. The molecule has 17 heavy (non-hydrogen) atoms. The first-order chi connectivity index (χ1) is 7.87. The Hall–Kier alpha value is 0.1000. The number of halogens is 1. The number of hydrogen-bond acceptors (Lipinski definition) is 3. The van der Waals surface area contributed by atoms with E-state index in [1.165, 1.54) is 8.66 Å². The standard InChI is InChI=1S/C13H23BrN2S/c1-13(2,3)8-10(15)6-7-16-9-11-4-5-12(14)17-11/h4-5,10,16H,6-9,15H2,1-3H3. The molecule has 0 bridgehead atoms. The molecule has 0 radical (unpaired) electrons. The van der Waals surface area contributed by atoms with E-state index in [1.807, 2.05) is 0 Å². The van der Waals surface area contributed by atoms with Gasteiger partial charge in [0.1, 0.15) is 0 Å². The van der Waals surface area contributed by atoms with Crippen LogP contribution in [0.5, 0.6) is 0 Å². The van der Waals surface area contributed by atoms with E-state index >= 15 is 0 Å². The van der Waals surface area contributed by atoms with Gasteiger partial charge in [-0.2, -0.15) is 0 Å². The van der Waals surface area contributed by atoms with Crippen LogP contribution in [0.3, 0.4) is 0 Å². The third-order valence-electron chi connectivity index (χ3n) is 2.49. The molecule has 0 aliphatic heterocycles. The lowest BCUT2D eigenvalue weighted by Crippen LogP contribution is -2.30. The zero-order valence-corrected chi connectivity index (χ0v) is 13.3. The van der Waals surface area contributed by atoms with Crippen molar-refractivity contribution in [1.82, 2.24) is 5.32 Å². The van der Waals surface area contributed by atoms with Gasteiger partial charge in [-0.3, -0.25) is 0 Å². The third-order valence-corrected chi connectivity index (χ3v) is 4.12. The van der Waals surface area contributed by atoms with E-state index < -0.39 is 0 Å². The average Bonchev–Trinajstić information content (AvgIpc) is 2.56. The van der Waals surface area contributed by atoms with Gasteiger partial charge in [0.05, 0.1) is 3.79 Å². The largest absolute Gasteiger partial charge is 0.328 e.